The second-order valence-corrected chi connectivity index (χ2v) is 7.06. The van der Waals surface area contributed by atoms with Crippen molar-refractivity contribution in [1.29, 1.82) is 0 Å². The standard InChI is InChI=1S/C19H30N2O/c1-13-7-5-9-17(11-13)21-19(22)12-15(3)20-18-10-6-8-14(2)16(18)4/h5,7,9,11,14-16,18,20H,6,8,10,12H2,1-4H3,(H,21,22)/t14-,15-,16+,18+/m0/s1. The fraction of sp³-hybridized carbons (Fsp3) is 0.632. The topological polar surface area (TPSA) is 41.1 Å². The molecular formula is C19H30N2O. The van der Waals surface area contributed by atoms with Crippen LogP contribution in [0, 0.1) is 18.8 Å². The lowest BCUT2D eigenvalue weighted by molar-refractivity contribution is -0.116. The predicted octanol–water partition coefficient (Wildman–Crippen LogP) is 4.13. The first-order valence-electron chi connectivity index (χ1n) is 8.58. The minimum atomic E-state index is 0.0853. The fourth-order valence-electron chi connectivity index (χ4n) is 3.45. The van der Waals surface area contributed by atoms with E-state index in [4.69, 9.17) is 0 Å². The molecule has 3 nitrogen and oxygen atoms in total. The number of amides is 1. The van der Waals surface area contributed by atoms with Gasteiger partial charge in [-0.1, -0.05) is 38.8 Å². The van der Waals surface area contributed by atoms with E-state index in [1.54, 1.807) is 0 Å². The van der Waals surface area contributed by atoms with Crippen molar-refractivity contribution in [3.63, 3.8) is 0 Å². The van der Waals surface area contributed by atoms with E-state index in [9.17, 15) is 4.79 Å². The average Bonchev–Trinajstić information content (AvgIpc) is 2.43. The molecule has 22 heavy (non-hydrogen) atoms. The van der Waals surface area contributed by atoms with E-state index in [1.165, 1.54) is 19.3 Å². The number of hydrogen-bond donors (Lipinski definition) is 2. The molecular weight excluding hydrogens is 272 g/mol. The van der Waals surface area contributed by atoms with Gasteiger partial charge in [0.15, 0.2) is 0 Å². The van der Waals surface area contributed by atoms with Crippen molar-refractivity contribution in [2.24, 2.45) is 11.8 Å². The van der Waals surface area contributed by atoms with Gasteiger partial charge in [0.25, 0.3) is 0 Å². The molecule has 2 N–H and O–H groups in total. The molecule has 3 heteroatoms. The van der Waals surface area contributed by atoms with E-state index in [1.807, 2.05) is 31.2 Å². The highest BCUT2D eigenvalue weighted by Crippen LogP contribution is 2.29. The number of carbonyl (C=O) groups is 1. The van der Waals surface area contributed by atoms with E-state index in [2.05, 4.69) is 31.4 Å². The summed E-state index contributed by atoms with van der Waals surface area (Å²) in [6.45, 7) is 8.82. The second kappa shape index (κ2) is 7.77. The molecule has 1 aliphatic rings. The van der Waals surface area contributed by atoms with Gasteiger partial charge in [-0.25, -0.2) is 0 Å². The Kier molecular flexibility index (Phi) is 6.01. The molecule has 1 aliphatic carbocycles. The minimum absolute atomic E-state index is 0.0853. The Morgan fingerprint density at radius 3 is 2.82 bits per heavy atom. The third-order valence-electron chi connectivity index (χ3n) is 5.00. The molecule has 0 aromatic heterocycles. The molecule has 0 aliphatic heterocycles. The number of anilines is 1. The minimum Gasteiger partial charge on any atom is -0.326 e. The molecule has 0 unspecified atom stereocenters. The molecule has 1 amide bonds. The van der Waals surface area contributed by atoms with Gasteiger partial charge in [0, 0.05) is 24.2 Å². The zero-order valence-corrected chi connectivity index (χ0v) is 14.4. The summed E-state index contributed by atoms with van der Waals surface area (Å²) >= 11 is 0. The van der Waals surface area contributed by atoms with Crippen LogP contribution in [0.15, 0.2) is 24.3 Å². The first-order valence-corrected chi connectivity index (χ1v) is 8.58. The number of rotatable bonds is 5. The van der Waals surface area contributed by atoms with Gasteiger partial charge in [-0.2, -0.15) is 0 Å². The van der Waals surface area contributed by atoms with Crippen LogP contribution in [0.3, 0.4) is 0 Å². The van der Waals surface area contributed by atoms with Crippen molar-refractivity contribution >= 4 is 11.6 Å². The average molecular weight is 302 g/mol. The lowest BCUT2D eigenvalue weighted by atomic mass is 9.78. The molecule has 1 saturated carbocycles. The van der Waals surface area contributed by atoms with E-state index in [0.29, 0.717) is 18.4 Å². The first kappa shape index (κ1) is 17.0. The van der Waals surface area contributed by atoms with Crippen LogP contribution in [0.4, 0.5) is 5.69 Å². The quantitative estimate of drug-likeness (QED) is 0.859. The van der Waals surface area contributed by atoms with Gasteiger partial charge in [-0.05, 0) is 49.8 Å². The van der Waals surface area contributed by atoms with Crippen LogP contribution in [0.1, 0.15) is 52.0 Å². The SMILES string of the molecule is Cc1cccc(NC(=O)C[C@H](C)N[C@@H]2CCC[C@H](C)[C@H]2C)c1. The maximum Gasteiger partial charge on any atom is 0.225 e. The Morgan fingerprint density at radius 2 is 2.09 bits per heavy atom. The van der Waals surface area contributed by atoms with Crippen LogP contribution in [-0.2, 0) is 4.79 Å². The van der Waals surface area contributed by atoms with Crippen LogP contribution in [0.5, 0.6) is 0 Å². The van der Waals surface area contributed by atoms with Gasteiger partial charge < -0.3 is 10.6 Å². The second-order valence-electron chi connectivity index (χ2n) is 7.06. The Bertz CT molecular complexity index is 500. The summed E-state index contributed by atoms with van der Waals surface area (Å²) in [4.78, 5) is 12.2. The Balaban J connectivity index is 1.81. The Labute approximate surface area is 134 Å². The maximum atomic E-state index is 12.2. The number of aryl methyl sites for hydroxylation is 1. The molecule has 1 fully saturated rings. The van der Waals surface area contributed by atoms with Gasteiger partial charge >= 0.3 is 0 Å². The number of carbonyl (C=O) groups excluding carboxylic acids is 1. The van der Waals surface area contributed by atoms with E-state index < -0.39 is 0 Å². The van der Waals surface area contributed by atoms with Crippen LogP contribution < -0.4 is 10.6 Å². The monoisotopic (exact) mass is 302 g/mol. The zero-order chi connectivity index (χ0) is 16.1. The Morgan fingerprint density at radius 1 is 1.32 bits per heavy atom. The maximum absolute atomic E-state index is 12.2. The molecule has 4 atom stereocenters. The normalized spacial score (nSPS) is 26.5. The highest BCUT2D eigenvalue weighted by atomic mass is 16.1. The number of nitrogens with one attached hydrogen (secondary N) is 2. The van der Waals surface area contributed by atoms with Gasteiger partial charge in [0.2, 0.25) is 5.91 Å². The Hall–Kier alpha value is -1.35. The highest BCUT2D eigenvalue weighted by molar-refractivity contribution is 5.91. The molecule has 1 aromatic carbocycles. The largest absolute Gasteiger partial charge is 0.326 e. The van der Waals surface area contributed by atoms with Crippen LogP contribution in [0.25, 0.3) is 0 Å². The van der Waals surface area contributed by atoms with Crippen molar-refractivity contribution in [3.05, 3.63) is 29.8 Å². The van der Waals surface area contributed by atoms with Crippen LogP contribution in [0.2, 0.25) is 0 Å². The van der Waals surface area contributed by atoms with Gasteiger partial charge in [0.1, 0.15) is 0 Å². The van der Waals surface area contributed by atoms with Crippen LogP contribution in [-0.4, -0.2) is 18.0 Å². The fourth-order valence-corrected chi connectivity index (χ4v) is 3.45. The van der Waals surface area contributed by atoms with Crippen molar-refractivity contribution in [2.75, 3.05) is 5.32 Å². The molecule has 2 rings (SSSR count). The third kappa shape index (κ3) is 4.84. The number of hydrogen-bond acceptors (Lipinski definition) is 2. The van der Waals surface area contributed by atoms with Crippen LogP contribution >= 0.6 is 0 Å². The van der Waals surface area contributed by atoms with E-state index >= 15 is 0 Å². The summed E-state index contributed by atoms with van der Waals surface area (Å²) in [7, 11) is 0. The summed E-state index contributed by atoms with van der Waals surface area (Å²) in [5.74, 6) is 1.55. The molecule has 122 valence electrons. The van der Waals surface area contributed by atoms with Crippen molar-refractivity contribution in [1.82, 2.24) is 5.32 Å². The zero-order valence-electron chi connectivity index (χ0n) is 14.4. The van der Waals surface area contributed by atoms with Crippen molar-refractivity contribution in [3.8, 4) is 0 Å². The smallest absolute Gasteiger partial charge is 0.225 e. The predicted molar refractivity (Wildman–Crippen MR) is 93.0 cm³/mol. The first-order chi connectivity index (χ1) is 10.5. The summed E-state index contributed by atoms with van der Waals surface area (Å²) in [6.07, 6.45) is 4.38. The lowest BCUT2D eigenvalue weighted by Gasteiger charge is -2.36. The van der Waals surface area contributed by atoms with Crippen molar-refractivity contribution in [2.45, 2.75) is 65.5 Å². The van der Waals surface area contributed by atoms with Crippen molar-refractivity contribution < 1.29 is 4.79 Å². The van der Waals surface area contributed by atoms with E-state index in [0.717, 1.165) is 17.2 Å². The van der Waals surface area contributed by atoms with Gasteiger partial charge in [0.05, 0.1) is 0 Å². The third-order valence-corrected chi connectivity index (χ3v) is 5.00. The molecule has 0 radical (unpaired) electrons. The summed E-state index contributed by atoms with van der Waals surface area (Å²) in [5, 5.41) is 6.66. The molecule has 0 saturated heterocycles. The lowest BCUT2D eigenvalue weighted by Crippen LogP contribution is -2.45. The van der Waals surface area contributed by atoms with Gasteiger partial charge in [-0.3, -0.25) is 4.79 Å². The van der Waals surface area contributed by atoms with E-state index in [-0.39, 0.29) is 11.9 Å². The summed E-state index contributed by atoms with van der Waals surface area (Å²) in [5.41, 5.74) is 2.05. The highest BCUT2D eigenvalue weighted by Gasteiger charge is 2.28. The summed E-state index contributed by atoms with van der Waals surface area (Å²) in [6, 6.07) is 8.70. The van der Waals surface area contributed by atoms with Gasteiger partial charge in [-0.15, -0.1) is 0 Å². The number of benzene rings is 1. The molecule has 0 bridgehead atoms. The summed E-state index contributed by atoms with van der Waals surface area (Å²) < 4.78 is 0. The molecule has 0 heterocycles. The molecule has 0 spiro atoms. The molecule has 1 aromatic rings.